The Morgan fingerprint density at radius 3 is 2.92 bits per heavy atom. The lowest BCUT2D eigenvalue weighted by molar-refractivity contribution is -0.116. The van der Waals surface area contributed by atoms with E-state index >= 15 is 0 Å². The van der Waals surface area contributed by atoms with E-state index in [9.17, 15) is 19.2 Å². The van der Waals surface area contributed by atoms with E-state index in [2.05, 4.69) is 21.9 Å². The molecule has 0 radical (unpaired) electrons. The van der Waals surface area contributed by atoms with Crippen molar-refractivity contribution in [1.82, 2.24) is 14.5 Å². The number of hydrogen-bond donors (Lipinski definition) is 2. The van der Waals surface area contributed by atoms with E-state index in [1.807, 2.05) is 0 Å². The lowest BCUT2D eigenvalue weighted by Crippen LogP contribution is -2.29. The first-order valence-corrected chi connectivity index (χ1v) is 8.07. The molecule has 0 atom stereocenters. The predicted octanol–water partition coefficient (Wildman–Crippen LogP) is 0.673. The Labute approximate surface area is 146 Å². The van der Waals surface area contributed by atoms with Crippen molar-refractivity contribution in [2.45, 2.75) is 19.9 Å². The van der Waals surface area contributed by atoms with Gasteiger partial charge in [-0.3, -0.25) is 14.6 Å². The van der Waals surface area contributed by atoms with Crippen molar-refractivity contribution in [3.05, 3.63) is 56.3 Å². The molecule has 0 bridgehead atoms. The van der Waals surface area contributed by atoms with Gasteiger partial charge in [0.15, 0.2) is 5.13 Å². The smallest absolute Gasteiger partial charge is 0.350 e. The van der Waals surface area contributed by atoms with Crippen LogP contribution in [0.15, 0.2) is 34.5 Å². The molecule has 0 unspecified atom stereocenters. The van der Waals surface area contributed by atoms with Crippen LogP contribution in [0.3, 0.4) is 0 Å². The van der Waals surface area contributed by atoms with Gasteiger partial charge in [0, 0.05) is 25.2 Å². The summed E-state index contributed by atoms with van der Waals surface area (Å²) in [6.07, 6.45) is 2.77. The number of aromatic amines is 1. The molecule has 0 aliphatic carbocycles. The molecule has 2 aromatic rings. The van der Waals surface area contributed by atoms with E-state index in [4.69, 9.17) is 4.74 Å². The zero-order chi connectivity index (χ0) is 18.4. The third kappa shape index (κ3) is 4.98. The number of nitrogens with one attached hydrogen (secondary N) is 2. The second-order valence-electron chi connectivity index (χ2n) is 4.92. The number of amides is 1. The number of carbonyl (C=O) groups excluding carboxylic acids is 2. The molecular weight excluding hydrogens is 348 g/mol. The first-order chi connectivity index (χ1) is 11.9. The van der Waals surface area contributed by atoms with E-state index in [-0.39, 0.29) is 30.6 Å². The molecule has 2 aromatic heterocycles. The van der Waals surface area contributed by atoms with E-state index < -0.39 is 17.2 Å². The average Bonchev–Trinajstić information content (AvgIpc) is 2.92. The minimum Gasteiger partial charge on any atom is -0.457 e. The molecule has 2 N–H and O–H groups in total. The first-order valence-electron chi connectivity index (χ1n) is 7.25. The maximum atomic E-state index is 12.0. The van der Waals surface area contributed by atoms with Gasteiger partial charge in [-0.25, -0.2) is 14.6 Å². The van der Waals surface area contributed by atoms with Crippen molar-refractivity contribution >= 4 is 28.3 Å². The molecule has 0 spiro atoms. The monoisotopic (exact) mass is 364 g/mol. The molecule has 0 aliphatic heterocycles. The van der Waals surface area contributed by atoms with Crippen molar-refractivity contribution in [1.29, 1.82) is 0 Å². The molecule has 0 aromatic carbocycles. The number of rotatable bonds is 7. The number of nitrogens with zero attached hydrogens (tertiary/aromatic N) is 2. The molecule has 1 amide bonds. The molecule has 2 heterocycles. The van der Waals surface area contributed by atoms with Crippen LogP contribution in [-0.4, -0.2) is 33.0 Å². The van der Waals surface area contributed by atoms with Gasteiger partial charge in [-0.05, 0) is 6.92 Å². The highest BCUT2D eigenvalue weighted by Crippen LogP contribution is 2.23. The predicted molar refractivity (Wildman–Crippen MR) is 91.9 cm³/mol. The number of aryl methyl sites for hydroxylation is 2. The molecule has 132 valence electrons. The minimum absolute atomic E-state index is 0.000815. The number of aromatic nitrogens is 3. The lowest BCUT2D eigenvalue weighted by Gasteiger charge is -2.04. The number of hydrogen-bond acceptors (Lipinski definition) is 7. The largest absolute Gasteiger partial charge is 0.457 e. The summed E-state index contributed by atoms with van der Waals surface area (Å²) >= 11 is 1.01. The van der Waals surface area contributed by atoms with Crippen LogP contribution in [-0.2, 0) is 16.1 Å². The Kier molecular flexibility index (Phi) is 6.01. The highest BCUT2D eigenvalue weighted by Gasteiger charge is 2.17. The van der Waals surface area contributed by atoms with Gasteiger partial charge in [-0.2, -0.15) is 0 Å². The molecule has 2 rings (SSSR count). The van der Waals surface area contributed by atoms with Crippen LogP contribution >= 0.6 is 11.3 Å². The maximum absolute atomic E-state index is 12.0. The van der Waals surface area contributed by atoms with Crippen molar-refractivity contribution < 1.29 is 14.3 Å². The molecule has 9 nitrogen and oxygen atoms in total. The van der Waals surface area contributed by atoms with Gasteiger partial charge in [0.25, 0.3) is 5.56 Å². The zero-order valence-corrected chi connectivity index (χ0v) is 14.2. The van der Waals surface area contributed by atoms with Crippen LogP contribution in [0.1, 0.15) is 21.8 Å². The quantitative estimate of drug-likeness (QED) is 0.550. The summed E-state index contributed by atoms with van der Waals surface area (Å²) in [4.78, 5) is 52.8. The number of carbonyl (C=O) groups is 2. The second-order valence-corrected chi connectivity index (χ2v) is 5.92. The zero-order valence-electron chi connectivity index (χ0n) is 13.4. The number of esters is 1. The summed E-state index contributed by atoms with van der Waals surface area (Å²) < 4.78 is 6.15. The highest BCUT2D eigenvalue weighted by atomic mass is 32.1. The average molecular weight is 364 g/mol. The van der Waals surface area contributed by atoms with E-state index in [1.54, 1.807) is 6.92 Å². The fraction of sp³-hybridized carbons (Fsp3) is 0.267. The second kappa shape index (κ2) is 8.20. The Morgan fingerprint density at radius 1 is 1.48 bits per heavy atom. The van der Waals surface area contributed by atoms with Crippen LogP contribution in [0.25, 0.3) is 0 Å². The van der Waals surface area contributed by atoms with Crippen molar-refractivity contribution in [2.24, 2.45) is 0 Å². The number of thiazole rings is 1. The molecule has 25 heavy (non-hydrogen) atoms. The van der Waals surface area contributed by atoms with Gasteiger partial charge in [0.2, 0.25) is 5.91 Å². The Bertz CT molecular complexity index is 911. The number of H-pyrrole nitrogens is 1. The van der Waals surface area contributed by atoms with Crippen LogP contribution in [0.2, 0.25) is 0 Å². The number of ether oxygens (including phenoxy) is 1. The van der Waals surface area contributed by atoms with Crippen LogP contribution in [0, 0.1) is 6.92 Å². The fourth-order valence-corrected chi connectivity index (χ4v) is 2.74. The molecule has 10 heteroatoms. The molecule has 0 fully saturated rings. The van der Waals surface area contributed by atoms with E-state index in [0.717, 1.165) is 11.3 Å². The summed E-state index contributed by atoms with van der Waals surface area (Å²) in [5.74, 6) is -0.909. The fourth-order valence-electron chi connectivity index (χ4n) is 1.86. The molecule has 0 saturated heterocycles. The van der Waals surface area contributed by atoms with Gasteiger partial charge in [-0.1, -0.05) is 24.0 Å². The summed E-state index contributed by atoms with van der Waals surface area (Å²) in [5, 5.41) is 2.83. The summed E-state index contributed by atoms with van der Waals surface area (Å²) in [5.41, 5.74) is -0.635. The van der Waals surface area contributed by atoms with Crippen LogP contribution < -0.4 is 16.6 Å². The van der Waals surface area contributed by atoms with Gasteiger partial charge in [0.05, 0.1) is 5.69 Å². The third-order valence-corrected chi connectivity index (χ3v) is 4.09. The molecule has 0 aliphatic rings. The molecular formula is C15H16N4O5S. The third-order valence-electron chi connectivity index (χ3n) is 3.04. The number of anilines is 1. The van der Waals surface area contributed by atoms with E-state index in [0.29, 0.717) is 10.6 Å². The minimum atomic E-state index is -0.586. The van der Waals surface area contributed by atoms with Gasteiger partial charge in [0.1, 0.15) is 11.5 Å². The Hall–Kier alpha value is -3.01. The van der Waals surface area contributed by atoms with Gasteiger partial charge in [-0.15, -0.1) is 0 Å². The van der Waals surface area contributed by atoms with Gasteiger partial charge >= 0.3 is 11.7 Å². The van der Waals surface area contributed by atoms with Crippen molar-refractivity contribution in [2.75, 3.05) is 11.9 Å². The standard InChI is InChI=1S/C15H16N4O5S/c1-3-8-24-13(22)12-9(2)16-14(25-12)17-10(20)4-6-19-7-5-11(21)18-15(19)23/h3,5,7H,1,4,6,8H2,2H3,(H,16,17,20)(H,18,21,23). The normalized spacial score (nSPS) is 10.3. The maximum Gasteiger partial charge on any atom is 0.350 e. The van der Waals surface area contributed by atoms with Gasteiger partial charge < -0.3 is 14.6 Å². The molecule has 0 saturated carbocycles. The summed E-state index contributed by atoms with van der Waals surface area (Å²) in [7, 11) is 0. The van der Waals surface area contributed by atoms with Crippen LogP contribution in [0.4, 0.5) is 5.13 Å². The summed E-state index contributed by atoms with van der Waals surface area (Å²) in [6.45, 7) is 5.28. The van der Waals surface area contributed by atoms with E-state index in [1.165, 1.54) is 22.9 Å². The SMILES string of the molecule is C=CCOC(=O)c1sc(NC(=O)CCn2ccc(=O)[nH]c2=O)nc1C. The topological polar surface area (TPSA) is 123 Å². The van der Waals surface area contributed by atoms with Crippen LogP contribution in [0.5, 0.6) is 0 Å². The first kappa shape index (κ1) is 18.3. The Morgan fingerprint density at radius 2 is 2.24 bits per heavy atom. The lowest BCUT2D eigenvalue weighted by atomic mass is 10.4. The Balaban J connectivity index is 1.96. The van der Waals surface area contributed by atoms with Crippen molar-refractivity contribution in [3.8, 4) is 0 Å². The van der Waals surface area contributed by atoms with Crippen molar-refractivity contribution in [3.63, 3.8) is 0 Å². The highest BCUT2D eigenvalue weighted by molar-refractivity contribution is 7.17. The summed E-state index contributed by atoms with van der Waals surface area (Å²) in [6, 6.07) is 1.20.